The minimum atomic E-state index is -0.256. The van der Waals surface area contributed by atoms with E-state index in [0.717, 1.165) is 11.5 Å². The number of methoxy groups -OCH3 is 1. The van der Waals surface area contributed by atoms with Gasteiger partial charge in [-0.2, -0.15) is 0 Å². The molecule has 0 aliphatic heterocycles. The maximum Gasteiger partial charge on any atom is 0.126 e. The molecule has 0 bridgehead atoms. The smallest absolute Gasteiger partial charge is 0.126 e. The van der Waals surface area contributed by atoms with Crippen LogP contribution >= 0.6 is 0 Å². The lowest BCUT2D eigenvalue weighted by Gasteiger charge is -2.21. The first kappa shape index (κ1) is 14.9. The highest BCUT2D eigenvalue weighted by atomic mass is 16.5. The number of ether oxygens (including phenoxy) is 2. The highest BCUT2D eigenvalue weighted by Gasteiger charge is 2.18. The molecule has 1 atom stereocenters. The zero-order chi connectivity index (χ0) is 15.1. The molecule has 0 unspecified atom stereocenters. The Morgan fingerprint density at radius 2 is 1.57 bits per heavy atom. The third-order valence-corrected chi connectivity index (χ3v) is 3.50. The van der Waals surface area contributed by atoms with E-state index in [9.17, 15) is 0 Å². The van der Waals surface area contributed by atoms with Gasteiger partial charge in [0.15, 0.2) is 0 Å². The lowest BCUT2D eigenvalue weighted by molar-refractivity contribution is 0.412. The van der Waals surface area contributed by atoms with E-state index in [1.807, 2.05) is 54.6 Å². The van der Waals surface area contributed by atoms with E-state index in [2.05, 4.69) is 25.6 Å². The summed E-state index contributed by atoms with van der Waals surface area (Å²) >= 11 is 0. The van der Waals surface area contributed by atoms with E-state index in [1.165, 1.54) is 5.56 Å². The van der Waals surface area contributed by atoms with Gasteiger partial charge in [0.25, 0.3) is 0 Å². The SMILES string of the molecule is C=C[C@@](C)(/C=C\Oc1ccc(OC)cc1)c1ccccc1. The molecule has 0 saturated heterocycles. The molecule has 0 aliphatic carbocycles. The van der Waals surface area contributed by atoms with Crippen molar-refractivity contribution in [2.24, 2.45) is 0 Å². The van der Waals surface area contributed by atoms with Gasteiger partial charge in [0.05, 0.1) is 13.4 Å². The van der Waals surface area contributed by atoms with Crippen molar-refractivity contribution in [1.29, 1.82) is 0 Å². The average molecular weight is 280 g/mol. The molecule has 0 spiro atoms. The van der Waals surface area contributed by atoms with Crippen LogP contribution in [0.4, 0.5) is 0 Å². The molecule has 0 radical (unpaired) electrons. The van der Waals surface area contributed by atoms with Gasteiger partial charge in [-0.25, -0.2) is 0 Å². The second-order valence-corrected chi connectivity index (χ2v) is 4.95. The Kier molecular flexibility index (Phi) is 4.83. The van der Waals surface area contributed by atoms with Crippen LogP contribution in [0.1, 0.15) is 12.5 Å². The van der Waals surface area contributed by atoms with Gasteiger partial charge in [-0.1, -0.05) is 36.4 Å². The predicted octanol–water partition coefficient (Wildman–Crippen LogP) is 4.73. The summed E-state index contributed by atoms with van der Waals surface area (Å²) < 4.78 is 10.8. The van der Waals surface area contributed by atoms with Crippen molar-refractivity contribution in [1.82, 2.24) is 0 Å². The molecule has 2 rings (SSSR count). The van der Waals surface area contributed by atoms with Gasteiger partial charge < -0.3 is 9.47 Å². The van der Waals surface area contributed by atoms with Gasteiger partial charge in [0, 0.05) is 5.41 Å². The fourth-order valence-electron chi connectivity index (χ4n) is 1.99. The predicted molar refractivity (Wildman–Crippen MR) is 86.8 cm³/mol. The molecule has 2 heteroatoms. The molecule has 0 fully saturated rings. The van der Waals surface area contributed by atoms with Gasteiger partial charge in [-0.3, -0.25) is 0 Å². The molecule has 0 aliphatic rings. The topological polar surface area (TPSA) is 18.5 Å². The van der Waals surface area contributed by atoms with E-state index in [1.54, 1.807) is 13.4 Å². The fraction of sp³-hybridized carbons (Fsp3) is 0.158. The first-order chi connectivity index (χ1) is 10.2. The van der Waals surface area contributed by atoms with Crippen molar-refractivity contribution in [3.8, 4) is 11.5 Å². The molecule has 2 nitrogen and oxygen atoms in total. The molecule has 0 saturated carbocycles. The van der Waals surface area contributed by atoms with Crippen LogP contribution in [0.5, 0.6) is 11.5 Å². The lowest BCUT2D eigenvalue weighted by Crippen LogP contribution is -2.15. The van der Waals surface area contributed by atoms with Crippen molar-refractivity contribution >= 4 is 0 Å². The van der Waals surface area contributed by atoms with Crippen LogP contribution in [0, 0.1) is 0 Å². The molecular weight excluding hydrogens is 260 g/mol. The first-order valence-electron chi connectivity index (χ1n) is 6.85. The van der Waals surface area contributed by atoms with Crippen LogP contribution in [0.3, 0.4) is 0 Å². The maximum atomic E-state index is 5.64. The van der Waals surface area contributed by atoms with E-state index >= 15 is 0 Å². The summed E-state index contributed by atoms with van der Waals surface area (Å²) in [6, 6.07) is 17.7. The van der Waals surface area contributed by atoms with Crippen LogP contribution in [-0.4, -0.2) is 7.11 Å². The van der Waals surface area contributed by atoms with Crippen LogP contribution in [0.2, 0.25) is 0 Å². The average Bonchev–Trinajstić information content (AvgIpc) is 2.56. The summed E-state index contributed by atoms with van der Waals surface area (Å²) in [6.45, 7) is 6.03. The molecule has 21 heavy (non-hydrogen) atoms. The maximum absolute atomic E-state index is 5.64. The largest absolute Gasteiger partial charge is 0.497 e. The number of hydrogen-bond acceptors (Lipinski definition) is 2. The second-order valence-electron chi connectivity index (χ2n) is 4.95. The summed E-state index contributed by atoms with van der Waals surface area (Å²) in [7, 11) is 1.64. The Balaban J connectivity index is 2.09. The van der Waals surface area contributed by atoms with Gasteiger partial charge in [-0.05, 0) is 42.8 Å². The van der Waals surface area contributed by atoms with E-state index in [4.69, 9.17) is 9.47 Å². The number of rotatable bonds is 6. The van der Waals surface area contributed by atoms with Crippen LogP contribution in [0.15, 0.2) is 79.6 Å². The molecule has 2 aromatic carbocycles. The Hall–Kier alpha value is -2.48. The highest BCUT2D eigenvalue weighted by Crippen LogP contribution is 2.26. The summed E-state index contributed by atoms with van der Waals surface area (Å²) in [5.74, 6) is 1.58. The Labute approximate surface area is 126 Å². The number of allylic oxidation sites excluding steroid dienone is 2. The van der Waals surface area contributed by atoms with Gasteiger partial charge in [-0.15, -0.1) is 6.58 Å². The molecule has 2 aromatic rings. The molecular formula is C19H20O2. The van der Waals surface area contributed by atoms with Gasteiger partial charge in [0.2, 0.25) is 0 Å². The van der Waals surface area contributed by atoms with Gasteiger partial charge in [0.1, 0.15) is 11.5 Å². The fourth-order valence-corrected chi connectivity index (χ4v) is 1.99. The third-order valence-electron chi connectivity index (χ3n) is 3.50. The molecule has 0 heterocycles. The monoisotopic (exact) mass is 280 g/mol. The van der Waals surface area contributed by atoms with Crippen LogP contribution in [-0.2, 0) is 5.41 Å². The molecule has 0 amide bonds. The molecule has 0 N–H and O–H groups in total. The second kappa shape index (κ2) is 6.80. The number of hydrogen-bond donors (Lipinski definition) is 0. The van der Waals surface area contributed by atoms with E-state index < -0.39 is 0 Å². The summed E-state index contributed by atoms with van der Waals surface area (Å²) in [5, 5.41) is 0. The summed E-state index contributed by atoms with van der Waals surface area (Å²) in [4.78, 5) is 0. The molecule has 0 aromatic heterocycles. The highest BCUT2D eigenvalue weighted by molar-refractivity contribution is 5.35. The van der Waals surface area contributed by atoms with Crippen molar-refractivity contribution in [2.75, 3.05) is 7.11 Å². The Morgan fingerprint density at radius 3 is 2.14 bits per heavy atom. The van der Waals surface area contributed by atoms with Crippen LogP contribution < -0.4 is 9.47 Å². The quantitative estimate of drug-likeness (QED) is 0.562. The lowest BCUT2D eigenvalue weighted by atomic mass is 9.83. The normalized spacial score (nSPS) is 13.6. The minimum absolute atomic E-state index is 0.256. The Morgan fingerprint density at radius 1 is 0.952 bits per heavy atom. The zero-order valence-electron chi connectivity index (χ0n) is 12.5. The van der Waals surface area contributed by atoms with Crippen molar-refractivity contribution in [3.05, 3.63) is 85.2 Å². The number of benzene rings is 2. The van der Waals surface area contributed by atoms with E-state index in [-0.39, 0.29) is 5.41 Å². The van der Waals surface area contributed by atoms with E-state index in [0.29, 0.717) is 0 Å². The van der Waals surface area contributed by atoms with Crippen molar-refractivity contribution in [2.45, 2.75) is 12.3 Å². The van der Waals surface area contributed by atoms with Gasteiger partial charge >= 0.3 is 0 Å². The minimum Gasteiger partial charge on any atom is -0.497 e. The van der Waals surface area contributed by atoms with Crippen molar-refractivity contribution < 1.29 is 9.47 Å². The summed E-state index contributed by atoms with van der Waals surface area (Å²) in [6.07, 6.45) is 5.62. The van der Waals surface area contributed by atoms with Crippen molar-refractivity contribution in [3.63, 3.8) is 0 Å². The summed E-state index contributed by atoms with van der Waals surface area (Å²) in [5.41, 5.74) is 0.919. The van der Waals surface area contributed by atoms with Crippen LogP contribution in [0.25, 0.3) is 0 Å². The Bertz CT molecular complexity index is 599. The first-order valence-corrected chi connectivity index (χ1v) is 6.85. The third kappa shape index (κ3) is 3.76. The zero-order valence-corrected chi connectivity index (χ0v) is 12.5. The standard InChI is InChI=1S/C19H20O2/c1-4-19(2,16-8-6-5-7-9-16)14-15-21-18-12-10-17(20-3)11-13-18/h4-15H,1H2,2-3H3/b15-14-/t19-/m0/s1. The molecule has 108 valence electrons.